The van der Waals surface area contributed by atoms with Crippen molar-refractivity contribution in [2.75, 3.05) is 13.2 Å². The number of rotatable bonds is 9. The molecule has 0 saturated heterocycles. The van der Waals surface area contributed by atoms with E-state index in [0.717, 1.165) is 44.6 Å². The average Bonchev–Trinajstić information content (AvgIpc) is 2.39. The number of aryl methyl sites for hydroxylation is 1. The Hall–Kier alpha value is -1.46. The summed E-state index contributed by atoms with van der Waals surface area (Å²) in [6.45, 7) is 5.95. The molecule has 1 rings (SSSR count). The van der Waals surface area contributed by atoms with E-state index in [1.54, 1.807) is 0 Å². The molecule has 1 aromatic rings. The maximum absolute atomic E-state index is 5.79. The zero-order valence-electron chi connectivity index (χ0n) is 12.1. The van der Waals surface area contributed by atoms with E-state index in [0.29, 0.717) is 6.04 Å². The van der Waals surface area contributed by atoms with E-state index < -0.39 is 0 Å². The molecule has 1 aromatic carbocycles. The van der Waals surface area contributed by atoms with Crippen molar-refractivity contribution in [3.63, 3.8) is 0 Å². The summed E-state index contributed by atoms with van der Waals surface area (Å²) in [6, 6.07) is 8.69. The molecule has 1 N–H and O–H groups in total. The summed E-state index contributed by atoms with van der Waals surface area (Å²) in [4.78, 5) is 0. The summed E-state index contributed by atoms with van der Waals surface area (Å²) in [5.41, 5.74) is 1.23. The molecule has 0 radical (unpaired) electrons. The van der Waals surface area contributed by atoms with Crippen LogP contribution in [-0.4, -0.2) is 19.2 Å². The maximum Gasteiger partial charge on any atom is 0.119 e. The van der Waals surface area contributed by atoms with Crippen LogP contribution >= 0.6 is 0 Å². The molecule has 1 unspecified atom stereocenters. The largest absolute Gasteiger partial charge is 0.494 e. The summed E-state index contributed by atoms with van der Waals surface area (Å²) in [7, 11) is 0. The SMILES string of the molecule is C#CCCCC(CCOc1cccc(C)c1)NCC. The van der Waals surface area contributed by atoms with E-state index in [9.17, 15) is 0 Å². The molecule has 0 amide bonds. The molecule has 0 spiro atoms. The fraction of sp³-hybridized carbons (Fsp3) is 0.529. The topological polar surface area (TPSA) is 21.3 Å². The normalized spacial score (nSPS) is 11.8. The lowest BCUT2D eigenvalue weighted by molar-refractivity contribution is 0.280. The number of nitrogens with one attached hydrogen (secondary N) is 1. The molecule has 0 fully saturated rings. The zero-order valence-corrected chi connectivity index (χ0v) is 12.1. The van der Waals surface area contributed by atoms with E-state index in [4.69, 9.17) is 11.2 Å². The first-order valence-corrected chi connectivity index (χ1v) is 7.12. The molecule has 104 valence electrons. The van der Waals surface area contributed by atoms with Crippen LogP contribution in [0.3, 0.4) is 0 Å². The Morgan fingerprint density at radius 1 is 1.37 bits per heavy atom. The van der Waals surface area contributed by atoms with Gasteiger partial charge in [0.1, 0.15) is 5.75 Å². The quantitative estimate of drug-likeness (QED) is 0.541. The van der Waals surface area contributed by atoms with E-state index >= 15 is 0 Å². The van der Waals surface area contributed by atoms with Crippen molar-refractivity contribution in [3.8, 4) is 18.1 Å². The molecule has 0 aliphatic rings. The third-order valence-corrected chi connectivity index (χ3v) is 3.09. The summed E-state index contributed by atoms with van der Waals surface area (Å²) in [5, 5.41) is 3.49. The molecule has 0 aliphatic carbocycles. The third-order valence-electron chi connectivity index (χ3n) is 3.09. The Bertz CT molecular complexity index is 394. The van der Waals surface area contributed by atoms with Crippen LogP contribution in [0.5, 0.6) is 5.75 Å². The van der Waals surface area contributed by atoms with Crippen LogP contribution in [0.25, 0.3) is 0 Å². The fourth-order valence-electron chi connectivity index (χ4n) is 2.11. The van der Waals surface area contributed by atoms with Gasteiger partial charge >= 0.3 is 0 Å². The van der Waals surface area contributed by atoms with Crippen molar-refractivity contribution in [3.05, 3.63) is 29.8 Å². The Labute approximate surface area is 117 Å². The number of terminal acetylenes is 1. The van der Waals surface area contributed by atoms with Crippen molar-refractivity contribution < 1.29 is 4.74 Å². The second kappa shape index (κ2) is 9.47. The standard InChI is InChI=1S/C17H25NO/c1-4-6-7-10-16(18-5-2)12-13-19-17-11-8-9-15(3)14-17/h1,8-9,11,14,16,18H,5-7,10,12-13H2,2-3H3. The average molecular weight is 259 g/mol. The zero-order chi connectivity index (χ0) is 13.9. The van der Waals surface area contributed by atoms with Crippen molar-refractivity contribution in [2.45, 2.75) is 45.6 Å². The summed E-state index contributed by atoms with van der Waals surface area (Å²) in [6.07, 6.45) is 9.37. The van der Waals surface area contributed by atoms with Crippen LogP contribution in [0.4, 0.5) is 0 Å². The highest BCUT2D eigenvalue weighted by molar-refractivity contribution is 5.27. The number of unbranched alkanes of at least 4 members (excludes halogenated alkanes) is 1. The first-order valence-electron chi connectivity index (χ1n) is 7.12. The molecule has 1 atom stereocenters. The van der Waals surface area contributed by atoms with Crippen LogP contribution in [0.1, 0.15) is 38.2 Å². The van der Waals surface area contributed by atoms with Crippen molar-refractivity contribution in [1.82, 2.24) is 5.32 Å². The molecule has 0 bridgehead atoms. The molecular formula is C17H25NO. The maximum atomic E-state index is 5.79. The van der Waals surface area contributed by atoms with Crippen molar-refractivity contribution >= 4 is 0 Å². The van der Waals surface area contributed by atoms with Gasteiger partial charge in [0.05, 0.1) is 6.61 Å². The summed E-state index contributed by atoms with van der Waals surface area (Å²) < 4.78 is 5.79. The predicted octanol–water partition coefficient (Wildman–Crippen LogP) is 3.55. The van der Waals surface area contributed by atoms with Gasteiger partial charge in [0.2, 0.25) is 0 Å². The van der Waals surface area contributed by atoms with Crippen molar-refractivity contribution in [2.24, 2.45) is 0 Å². The van der Waals surface area contributed by atoms with Gasteiger partial charge in [-0.2, -0.15) is 0 Å². The number of ether oxygens (including phenoxy) is 1. The van der Waals surface area contributed by atoms with Gasteiger partial charge in [-0.3, -0.25) is 0 Å². The highest BCUT2D eigenvalue weighted by Crippen LogP contribution is 2.13. The molecule has 19 heavy (non-hydrogen) atoms. The smallest absolute Gasteiger partial charge is 0.119 e. The van der Waals surface area contributed by atoms with Crippen LogP contribution < -0.4 is 10.1 Å². The number of benzene rings is 1. The van der Waals surface area contributed by atoms with Gasteiger partial charge in [-0.1, -0.05) is 19.1 Å². The van der Waals surface area contributed by atoms with E-state index in [1.165, 1.54) is 5.56 Å². The minimum Gasteiger partial charge on any atom is -0.494 e. The molecule has 0 saturated carbocycles. The Morgan fingerprint density at radius 3 is 2.89 bits per heavy atom. The monoisotopic (exact) mass is 259 g/mol. The third kappa shape index (κ3) is 6.88. The van der Waals surface area contributed by atoms with Crippen molar-refractivity contribution in [1.29, 1.82) is 0 Å². The first-order chi connectivity index (χ1) is 9.26. The van der Waals surface area contributed by atoms with Gasteiger partial charge in [-0.05, 0) is 50.4 Å². The number of hydrogen-bond donors (Lipinski definition) is 1. The molecule has 2 heteroatoms. The molecular weight excluding hydrogens is 234 g/mol. The number of hydrogen-bond acceptors (Lipinski definition) is 2. The van der Waals surface area contributed by atoms with Gasteiger partial charge in [-0.15, -0.1) is 12.3 Å². The van der Waals surface area contributed by atoms with Gasteiger partial charge in [0.15, 0.2) is 0 Å². The second-order valence-electron chi connectivity index (χ2n) is 4.80. The van der Waals surface area contributed by atoms with Crippen LogP contribution in [0.15, 0.2) is 24.3 Å². The summed E-state index contributed by atoms with van der Waals surface area (Å²) >= 11 is 0. The Balaban J connectivity index is 2.29. The Kier molecular flexibility index (Phi) is 7.77. The molecule has 2 nitrogen and oxygen atoms in total. The fourth-order valence-corrected chi connectivity index (χ4v) is 2.11. The van der Waals surface area contributed by atoms with E-state index in [2.05, 4.69) is 37.2 Å². The highest BCUT2D eigenvalue weighted by atomic mass is 16.5. The lowest BCUT2D eigenvalue weighted by atomic mass is 10.1. The van der Waals surface area contributed by atoms with Crippen LogP contribution in [0.2, 0.25) is 0 Å². The molecule has 0 heterocycles. The minimum atomic E-state index is 0.503. The van der Waals surface area contributed by atoms with Gasteiger partial charge < -0.3 is 10.1 Å². The van der Waals surface area contributed by atoms with Gasteiger partial charge in [0, 0.05) is 12.5 Å². The van der Waals surface area contributed by atoms with Gasteiger partial charge in [-0.25, -0.2) is 0 Å². The Morgan fingerprint density at radius 2 is 2.21 bits per heavy atom. The summed E-state index contributed by atoms with van der Waals surface area (Å²) in [5.74, 6) is 3.65. The first kappa shape index (κ1) is 15.6. The van der Waals surface area contributed by atoms with E-state index in [-0.39, 0.29) is 0 Å². The minimum absolute atomic E-state index is 0.503. The lowest BCUT2D eigenvalue weighted by Crippen LogP contribution is -2.30. The van der Waals surface area contributed by atoms with Crippen LogP contribution in [0, 0.1) is 19.3 Å². The second-order valence-corrected chi connectivity index (χ2v) is 4.80. The lowest BCUT2D eigenvalue weighted by Gasteiger charge is -2.17. The van der Waals surface area contributed by atoms with Crippen LogP contribution in [-0.2, 0) is 0 Å². The van der Waals surface area contributed by atoms with Gasteiger partial charge in [0.25, 0.3) is 0 Å². The highest BCUT2D eigenvalue weighted by Gasteiger charge is 2.07. The predicted molar refractivity (Wildman–Crippen MR) is 81.4 cm³/mol. The molecule has 0 aromatic heterocycles. The molecule has 0 aliphatic heterocycles. The van der Waals surface area contributed by atoms with E-state index in [1.807, 2.05) is 12.1 Å².